The average molecular weight is 292 g/mol. The quantitative estimate of drug-likeness (QED) is 0.870. The van der Waals surface area contributed by atoms with Crippen molar-refractivity contribution in [2.45, 2.75) is 38.5 Å². The fourth-order valence-corrected chi connectivity index (χ4v) is 2.87. The number of nitrogens with one attached hydrogen (secondary N) is 1. The van der Waals surface area contributed by atoms with E-state index in [2.05, 4.69) is 5.32 Å². The summed E-state index contributed by atoms with van der Waals surface area (Å²) < 4.78 is 10.7. The smallest absolute Gasteiger partial charge is 0.241 e. The highest BCUT2D eigenvalue weighted by molar-refractivity contribution is 5.85. The van der Waals surface area contributed by atoms with E-state index in [1.54, 1.807) is 14.2 Å². The SMILES string of the molecule is CCC1NC(c2ccccc2OC)N(C(C)COC)C1=O. The summed E-state index contributed by atoms with van der Waals surface area (Å²) in [5.41, 5.74) is 0.979. The molecule has 5 nitrogen and oxygen atoms in total. The van der Waals surface area contributed by atoms with Crippen LogP contribution in [0.15, 0.2) is 24.3 Å². The van der Waals surface area contributed by atoms with Gasteiger partial charge in [-0.25, -0.2) is 0 Å². The summed E-state index contributed by atoms with van der Waals surface area (Å²) in [5.74, 6) is 0.909. The first-order chi connectivity index (χ1) is 10.1. The van der Waals surface area contributed by atoms with Crippen LogP contribution in [0, 0.1) is 0 Å². The molecule has 1 saturated heterocycles. The van der Waals surface area contributed by atoms with Crippen molar-refractivity contribution in [1.29, 1.82) is 0 Å². The van der Waals surface area contributed by atoms with E-state index >= 15 is 0 Å². The van der Waals surface area contributed by atoms with Gasteiger partial charge in [0.25, 0.3) is 0 Å². The molecule has 1 aromatic rings. The van der Waals surface area contributed by atoms with Gasteiger partial charge < -0.3 is 14.4 Å². The van der Waals surface area contributed by atoms with Crippen molar-refractivity contribution >= 4 is 5.91 Å². The summed E-state index contributed by atoms with van der Waals surface area (Å²) >= 11 is 0. The first kappa shape index (κ1) is 15.8. The van der Waals surface area contributed by atoms with Crippen LogP contribution in [-0.2, 0) is 9.53 Å². The van der Waals surface area contributed by atoms with Crippen molar-refractivity contribution in [2.24, 2.45) is 0 Å². The largest absolute Gasteiger partial charge is 0.496 e. The second kappa shape index (κ2) is 6.91. The van der Waals surface area contributed by atoms with Gasteiger partial charge in [-0.15, -0.1) is 0 Å². The molecule has 1 amide bonds. The zero-order valence-electron chi connectivity index (χ0n) is 13.1. The van der Waals surface area contributed by atoms with Crippen LogP contribution in [0.2, 0.25) is 0 Å². The third kappa shape index (κ3) is 3.04. The summed E-state index contributed by atoms with van der Waals surface area (Å²) in [4.78, 5) is 14.5. The lowest BCUT2D eigenvalue weighted by Gasteiger charge is -2.30. The van der Waals surface area contributed by atoms with Gasteiger partial charge in [0.15, 0.2) is 0 Å². The molecule has 21 heavy (non-hydrogen) atoms. The molecule has 0 aliphatic carbocycles. The zero-order chi connectivity index (χ0) is 15.4. The fraction of sp³-hybridized carbons (Fsp3) is 0.562. The van der Waals surface area contributed by atoms with Gasteiger partial charge in [-0.3, -0.25) is 10.1 Å². The number of hydrogen-bond acceptors (Lipinski definition) is 4. The Hall–Kier alpha value is -1.59. The maximum absolute atomic E-state index is 12.6. The molecule has 0 aromatic heterocycles. The van der Waals surface area contributed by atoms with Gasteiger partial charge in [-0.05, 0) is 19.4 Å². The van der Waals surface area contributed by atoms with Gasteiger partial charge in [-0.2, -0.15) is 0 Å². The Balaban J connectivity index is 2.36. The van der Waals surface area contributed by atoms with Crippen LogP contribution in [0.5, 0.6) is 5.75 Å². The van der Waals surface area contributed by atoms with Gasteiger partial charge >= 0.3 is 0 Å². The highest BCUT2D eigenvalue weighted by Gasteiger charge is 2.41. The van der Waals surface area contributed by atoms with Gasteiger partial charge in [0.1, 0.15) is 11.9 Å². The van der Waals surface area contributed by atoms with Crippen LogP contribution in [0.3, 0.4) is 0 Å². The van der Waals surface area contributed by atoms with Crippen molar-refractivity contribution in [3.05, 3.63) is 29.8 Å². The maximum Gasteiger partial charge on any atom is 0.241 e. The Bertz CT molecular complexity index is 492. The molecule has 2 rings (SSSR count). The Morgan fingerprint density at radius 1 is 1.33 bits per heavy atom. The topological polar surface area (TPSA) is 50.8 Å². The molecule has 3 unspecified atom stereocenters. The van der Waals surface area contributed by atoms with Crippen LogP contribution in [0.1, 0.15) is 32.0 Å². The highest BCUT2D eigenvalue weighted by atomic mass is 16.5. The zero-order valence-corrected chi connectivity index (χ0v) is 13.1. The first-order valence-electron chi connectivity index (χ1n) is 7.34. The molecular weight excluding hydrogens is 268 g/mol. The van der Waals surface area contributed by atoms with Gasteiger partial charge in [-0.1, -0.05) is 25.1 Å². The Morgan fingerprint density at radius 2 is 2.05 bits per heavy atom. The monoisotopic (exact) mass is 292 g/mol. The third-order valence-corrected chi connectivity index (χ3v) is 3.91. The number of methoxy groups -OCH3 is 2. The van der Waals surface area contributed by atoms with Gasteiger partial charge in [0, 0.05) is 12.7 Å². The van der Waals surface area contributed by atoms with E-state index in [9.17, 15) is 4.79 Å². The molecule has 0 saturated carbocycles. The minimum Gasteiger partial charge on any atom is -0.496 e. The summed E-state index contributed by atoms with van der Waals surface area (Å²) in [5, 5.41) is 3.41. The van der Waals surface area contributed by atoms with E-state index in [0.29, 0.717) is 6.61 Å². The minimum atomic E-state index is -0.177. The van der Waals surface area contributed by atoms with Crippen LogP contribution in [0.25, 0.3) is 0 Å². The number of amides is 1. The van der Waals surface area contributed by atoms with E-state index in [1.807, 2.05) is 43.0 Å². The van der Waals surface area contributed by atoms with Crippen LogP contribution < -0.4 is 10.1 Å². The van der Waals surface area contributed by atoms with E-state index in [-0.39, 0.29) is 24.2 Å². The lowest BCUT2D eigenvalue weighted by molar-refractivity contribution is -0.133. The number of carbonyl (C=O) groups is 1. The van der Waals surface area contributed by atoms with Gasteiger partial charge in [0.05, 0.1) is 25.8 Å². The summed E-state index contributed by atoms with van der Waals surface area (Å²) in [7, 11) is 3.30. The number of benzene rings is 1. The second-order valence-electron chi connectivity index (χ2n) is 5.32. The summed E-state index contributed by atoms with van der Waals surface area (Å²) in [6, 6.07) is 7.65. The van der Waals surface area contributed by atoms with E-state index in [1.165, 1.54) is 0 Å². The molecule has 1 fully saturated rings. The van der Waals surface area contributed by atoms with Crippen LogP contribution in [-0.4, -0.2) is 43.7 Å². The standard InChI is InChI=1S/C16H24N2O3/c1-5-13-16(19)18(11(2)10-20-3)15(17-13)12-8-6-7-9-14(12)21-4/h6-9,11,13,15,17H,5,10H2,1-4H3. The van der Waals surface area contributed by atoms with Crippen molar-refractivity contribution in [3.8, 4) is 5.75 Å². The van der Waals surface area contributed by atoms with Crippen LogP contribution in [0.4, 0.5) is 0 Å². The van der Waals surface area contributed by atoms with E-state index in [0.717, 1.165) is 17.7 Å². The van der Waals surface area contributed by atoms with Crippen molar-refractivity contribution < 1.29 is 14.3 Å². The molecule has 5 heteroatoms. The predicted octanol–water partition coefficient (Wildman–Crippen LogP) is 1.94. The van der Waals surface area contributed by atoms with Gasteiger partial charge in [0.2, 0.25) is 5.91 Å². The fourth-order valence-electron chi connectivity index (χ4n) is 2.87. The second-order valence-corrected chi connectivity index (χ2v) is 5.32. The number of hydrogen-bond donors (Lipinski definition) is 1. The highest BCUT2D eigenvalue weighted by Crippen LogP contribution is 2.33. The minimum absolute atomic E-state index is 0.00135. The number of carbonyl (C=O) groups excluding carboxylic acids is 1. The van der Waals surface area contributed by atoms with Crippen molar-refractivity contribution in [1.82, 2.24) is 10.2 Å². The molecular formula is C16H24N2O3. The maximum atomic E-state index is 12.6. The van der Waals surface area contributed by atoms with Crippen molar-refractivity contribution in [3.63, 3.8) is 0 Å². The Labute approximate surface area is 126 Å². The third-order valence-electron chi connectivity index (χ3n) is 3.91. The Kier molecular flexibility index (Phi) is 5.20. The number of ether oxygens (including phenoxy) is 2. The molecule has 0 bridgehead atoms. The molecule has 3 atom stereocenters. The molecule has 1 aromatic carbocycles. The number of para-hydroxylation sites is 1. The summed E-state index contributed by atoms with van der Waals surface area (Å²) in [6.07, 6.45) is 0.587. The van der Waals surface area contributed by atoms with E-state index in [4.69, 9.17) is 9.47 Å². The van der Waals surface area contributed by atoms with E-state index < -0.39 is 0 Å². The average Bonchev–Trinajstić information content (AvgIpc) is 2.84. The molecule has 1 aliphatic rings. The number of rotatable bonds is 6. The molecule has 1 aliphatic heterocycles. The summed E-state index contributed by atoms with van der Waals surface area (Å²) in [6.45, 7) is 4.53. The lowest BCUT2D eigenvalue weighted by Crippen LogP contribution is -2.41. The number of nitrogens with zero attached hydrogens (tertiary/aromatic N) is 1. The Morgan fingerprint density at radius 3 is 2.67 bits per heavy atom. The molecule has 116 valence electrons. The van der Waals surface area contributed by atoms with Crippen LogP contribution >= 0.6 is 0 Å². The molecule has 0 radical (unpaired) electrons. The molecule has 1 heterocycles. The predicted molar refractivity (Wildman–Crippen MR) is 81.1 cm³/mol. The molecule has 1 N–H and O–H groups in total. The van der Waals surface area contributed by atoms with Crippen molar-refractivity contribution in [2.75, 3.05) is 20.8 Å². The lowest BCUT2D eigenvalue weighted by atomic mass is 10.1. The molecule has 0 spiro atoms. The normalized spacial score (nSPS) is 23.4. The first-order valence-corrected chi connectivity index (χ1v) is 7.34.